The van der Waals surface area contributed by atoms with Crippen molar-refractivity contribution >= 4 is 28.0 Å². The highest BCUT2D eigenvalue weighted by Gasteiger charge is 2.09. The Balaban J connectivity index is 2.09. The van der Waals surface area contributed by atoms with Crippen LogP contribution in [0.1, 0.15) is 11.3 Å². The highest BCUT2D eigenvalue weighted by Crippen LogP contribution is 2.31. The molecular formula is C17H14N2OS. The molecule has 3 nitrogen and oxygen atoms in total. The molecule has 104 valence electrons. The molecule has 2 N–H and O–H groups in total. The molecule has 1 aromatic heterocycles. The number of ether oxygens (including phenoxy) is 1. The summed E-state index contributed by atoms with van der Waals surface area (Å²) in [5, 5.41) is 1.96. The van der Waals surface area contributed by atoms with Gasteiger partial charge in [0.25, 0.3) is 0 Å². The Kier molecular flexibility index (Phi) is 3.54. The Labute approximate surface area is 128 Å². The van der Waals surface area contributed by atoms with Crippen LogP contribution in [0.15, 0.2) is 54.7 Å². The zero-order valence-electron chi connectivity index (χ0n) is 11.5. The van der Waals surface area contributed by atoms with E-state index >= 15 is 0 Å². The van der Waals surface area contributed by atoms with Crippen LogP contribution >= 0.6 is 12.2 Å². The average molecular weight is 294 g/mol. The van der Waals surface area contributed by atoms with Crippen molar-refractivity contribution in [3.8, 4) is 11.5 Å². The van der Waals surface area contributed by atoms with E-state index in [1.165, 1.54) is 0 Å². The summed E-state index contributed by atoms with van der Waals surface area (Å²) < 4.78 is 5.93. The molecule has 0 aliphatic carbocycles. The second-order valence-electron chi connectivity index (χ2n) is 4.76. The Bertz CT molecular complexity index is 813. The van der Waals surface area contributed by atoms with Gasteiger partial charge in [0.15, 0.2) is 0 Å². The molecule has 0 unspecified atom stereocenters. The summed E-state index contributed by atoms with van der Waals surface area (Å²) in [5.74, 6) is 1.46. The normalized spacial score (nSPS) is 10.5. The molecule has 1 heterocycles. The molecule has 0 aliphatic heterocycles. The van der Waals surface area contributed by atoms with Crippen LogP contribution in [-0.4, -0.2) is 9.97 Å². The van der Waals surface area contributed by atoms with Gasteiger partial charge in [-0.25, -0.2) is 0 Å². The van der Waals surface area contributed by atoms with E-state index in [1.807, 2.05) is 55.5 Å². The molecule has 0 amide bonds. The third-order valence-electron chi connectivity index (χ3n) is 3.26. The van der Waals surface area contributed by atoms with Crippen LogP contribution in [0, 0.1) is 6.92 Å². The maximum atomic E-state index is 5.93. The molecule has 0 spiro atoms. The molecule has 0 saturated heterocycles. The standard InChI is InChI=1S/C17H14N2OS/c1-11-6-7-12(10-19-11)20-16-9-8-15(17(18)21)13-4-2-3-5-14(13)16/h2-10H,1H3,(H2,18,21). The van der Waals surface area contributed by atoms with Gasteiger partial charge in [-0.2, -0.15) is 0 Å². The van der Waals surface area contributed by atoms with Gasteiger partial charge in [-0.15, -0.1) is 0 Å². The fraction of sp³-hybridized carbons (Fsp3) is 0.0588. The van der Waals surface area contributed by atoms with Crippen molar-refractivity contribution < 1.29 is 4.74 Å². The monoisotopic (exact) mass is 294 g/mol. The molecule has 0 bridgehead atoms. The number of hydrogen-bond donors (Lipinski definition) is 1. The molecule has 0 atom stereocenters. The van der Waals surface area contributed by atoms with E-state index in [4.69, 9.17) is 22.7 Å². The molecule has 0 saturated carbocycles. The first kappa shape index (κ1) is 13.5. The van der Waals surface area contributed by atoms with Crippen molar-refractivity contribution in [3.05, 3.63) is 66.0 Å². The first-order valence-corrected chi connectivity index (χ1v) is 6.98. The molecule has 4 heteroatoms. The zero-order valence-corrected chi connectivity index (χ0v) is 12.4. The average Bonchev–Trinajstić information content (AvgIpc) is 2.49. The predicted molar refractivity (Wildman–Crippen MR) is 88.9 cm³/mol. The van der Waals surface area contributed by atoms with Crippen LogP contribution in [0.3, 0.4) is 0 Å². The molecule has 21 heavy (non-hydrogen) atoms. The lowest BCUT2D eigenvalue weighted by atomic mass is 10.0. The molecule has 3 rings (SSSR count). The lowest BCUT2D eigenvalue weighted by molar-refractivity contribution is 0.485. The lowest BCUT2D eigenvalue weighted by Gasteiger charge is -2.11. The summed E-state index contributed by atoms with van der Waals surface area (Å²) in [6.07, 6.45) is 1.71. The van der Waals surface area contributed by atoms with Gasteiger partial charge in [0.05, 0.1) is 6.20 Å². The first-order chi connectivity index (χ1) is 10.1. The fourth-order valence-electron chi connectivity index (χ4n) is 2.22. The van der Waals surface area contributed by atoms with E-state index < -0.39 is 0 Å². The Morgan fingerprint density at radius 1 is 1.05 bits per heavy atom. The van der Waals surface area contributed by atoms with Gasteiger partial charge in [0, 0.05) is 16.6 Å². The number of aryl methyl sites for hydroxylation is 1. The molecule has 3 aromatic rings. The summed E-state index contributed by atoms with van der Waals surface area (Å²) in [6.45, 7) is 1.94. The highest BCUT2D eigenvalue weighted by atomic mass is 32.1. The number of thiocarbonyl (C=S) groups is 1. The van der Waals surface area contributed by atoms with E-state index in [0.29, 0.717) is 10.7 Å². The van der Waals surface area contributed by atoms with Gasteiger partial charge in [-0.1, -0.05) is 36.5 Å². The van der Waals surface area contributed by atoms with Crippen molar-refractivity contribution in [1.82, 2.24) is 4.98 Å². The molecule has 0 radical (unpaired) electrons. The summed E-state index contributed by atoms with van der Waals surface area (Å²) in [7, 11) is 0. The first-order valence-electron chi connectivity index (χ1n) is 6.57. The van der Waals surface area contributed by atoms with Crippen molar-refractivity contribution in [1.29, 1.82) is 0 Å². The number of pyridine rings is 1. The number of aromatic nitrogens is 1. The Morgan fingerprint density at radius 3 is 2.48 bits per heavy atom. The molecule has 0 fully saturated rings. The third-order valence-corrected chi connectivity index (χ3v) is 3.48. The number of nitrogens with two attached hydrogens (primary N) is 1. The third kappa shape index (κ3) is 2.71. The van der Waals surface area contributed by atoms with Crippen LogP contribution in [0.5, 0.6) is 11.5 Å². The number of hydrogen-bond acceptors (Lipinski definition) is 3. The lowest BCUT2D eigenvalue weighted by Crippen LogP contribution is -2.09. The van der Waals surface area contributed by atoms with E-state index in [2.05, 4.69) is 4.98 Å². The van der Waals surface area contributed by atoms with Crippen LogP contribution in [0.25, 0.3) is 10.8 Å². The van der Waals surface area contributed by atoms with Gasteiger partial charge < -0.3 is 10.5 Å². The van der Waals surface area contributed by atoms with Gasteiger partial charge in [0.1, 0.15) is 16.5 Å². The SMILES string of the molecule is Cc1ccc(Oc2ccc(C(N)=S)c3ccccc23)cn1. The van der Waals surface area contributed by atoms with Crippen molar-refractivity contribution in [3.63, 3.8) is 0 Å². The quantitative estimate of drug-likeness (QED) is 0.743. The summed E-state index contributed by atoms with van der Waals surface area (Å²) >= 11 is 5.10. The van der Waals surface area contributed by atoms with Gasteiger partial charge in [-0.05, 0) is 36.6 Å². The van der Waals surface area contributed by atoms with Crippen molar-refractivity contribution in [2.75, 3.05) is 0 Å². The fourth-order valence-corrected chi connectivity index (χ4v) is 2.39. The van der Waals surface area contributed by atoms with Crippen molar-refractivity contribution in [2.24, 2.45) is 5.73 Å². The Morgan fingerprint density at radius 2 is 1.81 bits per heavy atom. The van der Waals surface area contributed by atoms with E-state index in [0.717, 1.165) is 27.8 Å². The number of nitrogens with zero attached hydrogens (tertiary/aromatic N) is 1. The van der Waals surface area contributed by atoms with Gasteiger partial charge >= 0.3 is 0 Å². The minimum Gasteiger partial charge on any atom is -0.455 e. The maximum Gasteiger partial charge on any atom is 0.145 e. The molecular weight excluding hydrogens is 280 g/mol. The van der Waals surface area contributed by atoms with E-state index in [-0.39, 0.29) is 0 Å². The number of benzene rings is 2. The zero-order chi connectivity index (χ0) is 14.8. The maximum absolute atomic E-state index is 5.93. The second-order valence-corrected chi connectivity index (χ2v) is 5.20. The topological polar surface area (TPSA) is 48.1 Å². The van der Waals surface area contributed by atoms with Crippen LogP contribution in [0.4, 0.5) is 0 Å². The largest absolute Gasteiger partial charge is 0.455 e. The molecule has 2 aromatic carbocycles. The second kappa shape index (κ2) is 5.50. The summed E-state index contributed by atoms with van der Waals surface area (Å²) in [5.41, 5.74) is 7.59. The van der Waals surface area contributed by atoms with Crippen molar-refractivity contribution in [2.45, 2.75) is 6.92 Å². The van der Waals surface area contributed by atoms with Crippen LogP contribution in [0.2, 0.25) is 0 Å². The van der Waals surface area contributed by atoms with E-state index in [9.17, 15) is 0 Å². The summed E-state index contributed by atoms with van der Waals surface area (Å²) in [4.78, 5) is 4.62. The van der Waals surface area contributed by atoms with Gasteiger partial charge in [0.2, 0.25) is 0 Å². The minimum absolute atomic E-state index is 0.384. The summed E-state index contributed by atoms with van der Waals surface area (Å²) in [6, 6.07) is 15.5. The number of fused-ring (bicyclic) bond motifs is 1. The van der Waals surface area contributed by atoms with Gasteiger partial charge in [-0.3, -0.25) is 4.98 Å². The number of rotatable bonds is 3. The predicted octanol–water partition coefficient (Wildman–Crippen LogP) is 3.97. The van der Waals surface area contributed by atoms with E-state index in [1.54, 1.807) is 6.20 Å². The van der Waals surface area contributed by atoms with Crippen LogP contribution < -0.4 is 10.5 Å². The van der Waals surface area contributed by atoms with Crippen LogP contribution in [-0.2, 0) is 0 Å². The smallest absolute Gasteiger partial charge is 0.145 e. The minimum atomic E-state index is 0.384. The molecule has 0 aliphatic rings. The Hall–Kier alpha value is -2.46. The highest BCUT2D eigenvalue weighted by molar-refractivity contribution is 7.80.